The Kier molecular flexibility index (Phi) is 14.4. The first-order chi connectivity index (χ1) is 11.2. The summed E-state index contributed by atoms with van der Waals surface area (Å²) in [6.45, 7) is 8.49. The first-order valence-electron chi connectivity index (χ1n) is 8.91. The van der Waals surface area contributed by atoms with Crippen LogP contribution in [0.5, 0.6) is 0 Å². The highest BCUT2D eigenvalue weighted by molar-refractivity contribution is 14.0. The third kappa shape index (κ3) is 9.05. The fourth-order valence-electron chi connectivity index (χ4n) is 2.77. The SMILES string of the molecule is CCNC(=NCCCCCOC)N1CCCC(C(=O)OCC)C1.I. The average Bonchev–Trinajstić information content (AvgIpc) is 2.57. The van der Waals surface area contributed by atoms with Crippen LogP contribution in [-0.2, 0) is 14.3 Å². The zero-order valence-corrected chi connectivity index (χ0v) is 17.7. The highest BCUT2D eigenvalue weighted by Crippen LogP contribution is 2.18. The zero-order chi connectivity index (χ0) is 16.9. The van der Waals surface area contributed by atoms with Gasteiger partial charge in [-0.25, -0.2) is 0 Å². The summed E-state index contributed by atoms with van der Waals surface area (Å²) in [5, 5.41) is 3.34. The molecule has 7 heteroatoms. The quantitative estimate of drug-likeness (QED) is 0.191. The number of guanidine groups is 1. The summed E-state index contributed by atoms with van der Waals surface area (Å²) in [7, 11) is 1.73. The van der Waals surface area contributed by atoms with Crippen molar-refractivity contribution in [1.29, 1.82) is 0 Å². The molecule has 142 valence electrons. The minimum Gasteiger partial charge on any atom is -0.466 e. The number of unbranched alkanes of at least 4 members (excludes halogenated alkanes) is 2. The van der Waals surface area contributed by atoms with Gasteiger partial charge in [-0.2, -0.15) is 0 Å². The van der Waals surface area contributed by atoms with Crippen molar-refractivity contribution in [3.05, 3.63) is 0 Å². The average molecular weight is 455 g/mol. The zero-order valence-electron chi connectivity index (χ0n) is 15.4. The fraction of sp³-hybridized carbons (Fsp3) is 0.882. The van der Waals surface area contributed by atoms with Crippen molar-refractivity contribution in [3.63, 3.8) is 0 Å². The minimum atomic E-state index is -0.0763. The Labute approximate surface area is 163 Å². The van der Waals surface area contributed by atoms with E-state index in [0.29, 0.717) is 13.2 Å². The van der Waals surface area contributed by atoms with Crippen molar-refractivity contribution >= 4 is 35.9 Å². The molecule has 0 spiro atoms. The number of carbonyl (C=O) groups is 1. The van der Waals surface area contributed by atoms with E-state index in [1.54, 1.807) is 7.11 Å². The van der Waals surface area contributed by atoms with Crippen LogP contribution in [0.1, 0.15) is 46.0 Å². The number of ether oxygens (including phenoxy) is 2. The van der Waals surface area contributed by atoms with Crippen LogP contribution >= 0.6 is 24.0 Å². The second kappa shape index (κ2) is 14.7. The highest BCUT2D eigenvalue weighted by atomic mass is 127. The summed E-state index contributed by atoms with van der Waals surface area (Å²) < 4.78 is 10.2. The van der Waals surface area contributed by atoms with Gasteiger partial charge >= 0.3 is 5.97 Å². The van der Waals surface area contributed by atoms with Gasteiger partial charge in [0.05, 0.1) is 12.5 Å². The van der Waals surface area contributed by atoms with Crippen molar-refractivity contribution in [1.82, 2.24) is 10.2 Å². The fourth-order valence-corrected chi connectivity index (χ4v) is 2.77. The number of methoxy groups -OCH3 is 1. The van der Waals surface area contributed by atoms with E-state index in [4.69, 9.17) is 14.5 Å². The normalized spacial score (nSPS) is 18.0. The summed E-state index contributed by atoms with van der Waals surface area (Å²) in [6, 6.07) is 0. The van der Waals surface area contributed by atoms with Gasteiger partial charge in [-0.05, 0) is 46.0 Å². The number of hydrogen-bond acceptors (Lipinski definition) is 4. The Morgan fingerprint density at radius 1 is 1.29 bits per heavy atom. The Balaban J connectivity index is 0.00000529. The molecule has 0 saturated carbocycles. The van der Waals surface area contributed by atoms with E-state index in [1.807, 2.05) is 6.92 Å². The van der Waals surface area contributed by atoms with Gasteiger partial charge in [-0.3, -0.25) is 9.79 Å². The lowest BCUT2D eigenvalue weighted by atomic mass is 9.98. The lowest BCUT2D eigenvalue weighted by Crippen LogP contribution is -2.48. The lowest BCUT2D eigenvalue weighted by Gasteiger charge is -2.34. The molecular weight excluding hydrogens is 421 g/mol. The molecule has 1 saturated heterocycles. The van der Waals surface area contributed by atoms with Gasteiger partial charge in [0.2, 0.25) is 0 Å². The molecule has 1 rings (SSSR count). The monoisotopic (exact) mass is 455 g/mol. The van der Waals surface area contributed by atoms with E-state index in [-0.39, 0.29) is 35.9 Å². The topological polar surface area (TPSA) is 63.2 Å². The predicted octanol–water partition coefficient (Wildman–Crippen LogP) is 2.66. The van der Waals surface area contributed by atoms with Gasteiger partial charge in [-0.1, -0.05) is 0 Å². The van der Waals surface area contributed by atoms with Gasteiger partial charge in [0.15, 0.2) is 5.96 Å². The second-order valence-electron chi connectivity index (χ2n) is 5.83. The molecule has 1 atom stereocenters. The molecule has 0 aliphatic carbocycles. The van der Waals surface area contributed by atoms with Crippen LogP contribution in [0.15, 0.2) is 4.99 Å². The lowest BCUT2D eigenvalue weighted by molar-refractivity contribution is -0.149. The van der Waals surface area contributed by atoms with Crippen LogP contribution in [0.25, 0.3) is 0 Å². The third-order valence-corrected chi connectivity index (χ3v) is 3.94. The van der Waals surface area contributed by atoms with E-state index in [9.17, 15) is 4.79 Å². The summed E-state index contributed by atoms with van der Waals surface area (Å²) in [4.78, 5) is 18.9. The van der Waals surface area contributed by atoms with Gasteiger partial charge in [0.25, 0.3) is 0 Å². The van der Waals surface area contributed by atoms with Gasteiger partial charge in [-0.15, -0.1) is 24.0 Å². The number of nitrogens with one attached hydrogen (secondary N) is 1. The van der Waals surface area contributed by atoms with E-state index in [2.05, 4.69) is 17.1 Å². The van der Waals surface area contributed by atoms with E-state index in [1.165, 1.54) is 0 Å². The molecule has 0 aromatic rings. The van der Waals surface area contributed by atoms with Crippen LogP contribution in [0.4, 0.5) is 0 Å². The van der Waals surface area contributed by atoms with Crippen molar-refractivity contribution in [2.75, 3.05) is 46.5 Å². The van der Waals surface area contributed by atoms with Crippen molar-refractivity contribution in [2.24, 2.45) is 10.9 Å². The third-order valence-electron chi connectivity index (χ3n) is 3.94. The number of carbonyl (C=O) groups excluding carboxylic acids is 1. The Morgan fingerprint density at radius 2 is 2.08 bits per heavy atom. The molecule has 6 nitrogen and oxygen atoms in total. The molecular formula is C17H34IN3O3. The van der Waals surface area contributed by atoms with Crippen LogP contribution in [0, 0.1) is 5.92 Å². The molecule has 0 aromatic carbocycles. The van der Waals surface area contributed by atoms with Crippen molar-refractivity contribution in [3.8, 4) is 0 Å². The maximum atomic E-state index is 12.0. The smallest absolute Gasteiger partial charge is 0.310 e. The number of hydrogen-bond donors (Lipinski definition) is 1. The largest absolute Gasteiger partial charge is 0.466 e. The Bertz CT molecular complexity index is 367. The number of rotatable bonds is 9. The van der Waals surface area contributed by atoms with Crippen molar-refractivity contribution < 1.29 is 14.3 Å². The van der Waals surface area contributed by atoms with Gasteiger partial charge < -0.3 is 19.7 Å². The molecule has 0 radical (unpaired) electrons. The first kappa shape index (κ1) is 23.4. The standard InChI is InChI=1S/C17H33N3O3.HI/c1-4-18-17(19-11-7-6-8-13-22-3)20-12-9-10-15(14-20)16(21)23-5-2;/h15H,4-14H2,1-3H3,(H,18,19);1H. The number of likely N-dealkylation sites (tertiary alicyclic amines) is 1. The summed E-state index contributed by atoms with van der Waals surface area (Å²) in [6.07, 6.45) is 5.18. The van der Waals surface area contributed by atoms with Crippen molar-refractivity contribution in [2.45, 2.75) is 46.0 Å². The van der Waals surface area contributed by atoms with E-state index < -0.39 is 0 Å². The molecule has 1 N–H and O–H groups in total. The molecule has 0 amide bonds. The molecule has 0 aromatic heterocycles. The van der Waals surface area contributed by atoms with Crippen LogP contribution in [-0.4, -0.2) is 63.3 Å². The van der Waals surface area contributed by atoms with Gasteiger partial charge in [0, 0.05) is 39.9 Å². The number of aliphatic imine (C=N–C) groups is 1. The number of piperidine rings is 1. The highest BCUT2D eigenvalue weighted by Gasteiger charge is 2.28. The maximum Gasteiger partial charge on any atom is 0.310 e. The minimum absolute atomic E-state index is 0. The molecule has 1 unspecified atom stereocenters. The van der Waals surface area contributed by atoms with Gasteiger partial charge in [0.1, 0.15) is 0 Å². The summed E-state index contributed by atoms with van der Waals surface area (Å²) in [5.74, 6) is 0.815. The summed E-state index contributed by atoms with van der Waals surface area (Å²) >= 11 is 0. The molecule has 1 fully saturated rings. The molecule has 1 heterocycles. The van der Waals surface area contributed by atoms with Crippen LogP contribution in [0.2, 0.25) is 0 Å². The molecule has 0 bridgehead atoms. The number of nitrogens with zero attached hydrogens (tertiary/aromatic N) is 2. The number of halogens is 1. The van der Waals surface area contributed by atoms with E-state index >= 15 is 0 Å². The maximum absolute atomic E-state index is 12.0. The first-order valence-corrected chi connectivity index (χ1v) is 8.91. The molecule has 1 aliphatic rings. The summed E-state index contributed by atoms with van der Waals surface area (Å²) in [5.41, 5.74) is 0. The van der Waals surface area contributed by atoms with E-state index in [0.717, 1.165) is 64.3 Å². The molecule has 24 heavy (non-hydrogen) atoms. The second-order valence-corrected chi connectivity index (χ2v) is 5.83. The van der Waals surface area contributed by atoms with Crippen LogP contribution < -0.4 is 5.32 Å². The molecule has 1 aliphatic heterocycles. The van der Waals surface area contributed by atoms with Crippen LogP contribution in [0.3, 0.4) is 0 Å². The Morgan fingerprint density at radius 3 is 2.75 bits per heavy atom. The predicted molar refractivity (Wildman–Crippen MR) is 108 cm³/mol. The number of esters is 1. The Hall–Kier alpha value is -0.570.